The summed E-state index contributed by atoms with van der Waals surface area (Å²) in [6.45, 7) is 2.10. The molecule has 3 rings (SSSR count). The number of anilines is 2. The molecule has 2 heterocycles. The van der Waals surface area contributed by atoms with E-state index in [-0.39, 0.29) is 0 Å². The minimum atomic E-state index is 0.751. The van der Waals surface area contributed by atoms with Gasteiger partial charge in [0, 0.05) is 27.2 Å². The van der Waals surface area contributed by atoms with Crippen LogP contribution in [0.1, 0.15) is 4.88 Å². The van der Waals surface area contributed by atoms with Crippen LogP contribution in [0.4, 0.5) is 11.5 Å². The normalized spacial score (nSPS) is 10.6. The third-order valence-corrected chi connectivity index (χ3v) is 4.24. The highest BCUT2D eigenvalue weighted by atomic mass is 32.1. The van der Waals surface area contributed by atoms with E-state index in [1.165, 1.54) is 9.58 Å². The third-order valence-electron chi connectivity index (χ3n) is 3.23. The van der Waals surface area contributed by atoms with Crippen LogP contribution in [0.25, 0.3) is 10.1 Å². The van der Waals surface area contributed by atoms with Crippen molar-refractivity contribution in [3.8, 4) is 11.5 Å². The quantitative estimate of drug-likeness (QED) is 0.777. The average Bonchev–Trinajstić information content (AvgIpc) is 2.88. The molecule has 0 aliphatic rings. The Hall–Kier alpha value is -2.27. The first-order valence-electron chi connectivity index (χ1n) is 6.55. The predicted molar refractivity (Wildman–Crippen MR) is 87.2 cm³/mol. The Bertz CT molecular complexity index is 783. The van der Waals surface area contributed by atoms with E-state index in [0.29, 0.717) is 0 Å². The topological polar surface area (TPSA) is 43.4 Å². The number of hydrogen-bond donors (Lipinski definition) is 1. The molecule has 0 atom stereocenters. The van der Waals surface area contributed by atoms with Crippen LogP contribution >= 0.6 is 11.3 Å². The molecule has 1 aromatic carbocycles. The molecule has 0 radical (unpaired) electrons. The number of benzene rings is 1. The molecule has 0 aliphatic heterocycles. The Labute approximate surface area is 127 Å². The van der Waals surface area contributed by atoms with Crippen molar-refractivity contribution in [2.45, 2.75) is 6.92 Å². The van der Waals surface area contributed by atoms with Gasteiger partial charge >= 0.3 is 0 Å². The number of ether oxygens (including phenoxy) is 2. The molecule has 3 aromatic rings. The summed E-state index contributed by atoms with van der Waals surface area (Å²) in [5.74, 6) is 2.34. The zero-order valence-corrected chi connectivity index (χ0v) is 13.0. The highest BCUT2D eigenvalue weighted by Gasteiger charge is 2.10. The first-order chi connectivity index (χ1) is 10.2. The smallest absolute Gasteiger partial charge is 0.142 e. The summed E-state index contributed by atoms with van der Waals surface area (Å²) in [7, 11) is 3.29. The molecule has 4 nitrogen and oxygen atoms in total. The highest BCUT2D eigenvalue weighted by Crippen LogP contribution is 2.35. The number of nitrogens with one attached hydrogen (secondary N) is 1. The standard InChI is InChI=1S/C16H16N2O2S/c1-10-8-12-15(21-10)6-7-17-16(12)18-13-9-11(19-2)4-5-14(13)20-3/h4-9H,1-3H3,(H,17,18). The van der Waals surface area contributed by atoms with E-state index in [4.69, 9.17) is 9.47 Å². The lowest BCUT2D eigenvalue weighted by Crippen LogP contribution is -1.97. The molecule has 0 saturated carbocycles. The van der Waals surface area contributed by atoms with Crippen molar-refractivity contribution < 1.29 is 9.47 Å². The van der Waals surface area contributed by atoms with Crippen LogP contribution in [0.2, 0.25) is 0 Å². The zero-order chi connectivity index (χ0) is 14.8. The average molecular weight is 300 g/mol. The largest absolute Gasteiger partial charge is 0.497 e. The molecule has 0 saturated heterocycles. The van der Waals surface area contributed by atoms with Crippen molar-refractivity contribution >= 4 is 32.9 Å². The second kappa shape index (κ2) is 5.61. The van der Waals surface area contributed by atoms with Crippen LogP contribution in [-0.4, -0.2) is 19.2 Å². The fourth-order valence-corrected chi connectivity index (χ4v) is 3.15. The summed E-state index contributed by atoms with van der Waals surface area (Å²) >= 11 is 1.76. The van der Waals surface area contributed by atoms with E-state index < -0.39 is 0 Å². The maximum atomic E-state index is 5.39. The maximum absolute atomic E-state index is 5.39. The summed E-state index contributed by atoms with van der Waals surface area (Å²) < 4.78 is 11.9. The lowest BCUT2D eigenvalue weighted by molar-refractivity contribution is 0.405. The molecule has 21 heavy (non-hydrogen) atoms. The first kappa shape index (κ1) is 13.7. The number of aromatic nitrogens is 1. The molecule has 2 aromatic heterocycles. The van der Waals surface area contributed by atoms with Gasteiger partial charge in [0.2, 0.25) is 0 Å². The van der Waals surface area contributed by atoms with Crippen molar-refractivity contribution in [3.05, 3.63) is 41.4 Å². The van der Waals surface area contributed by atoms with Gasteiger partial charge in [0.05, 0.1) is 19.9 Å². The Morgan fingerprint density at radius 1 is 1.10 bits per heavy atom. The number of rotatable bonds is 4. The summed E-state index contributed by atoms with van der Waals surface area (Å²) in [6, 6.07) is 9.81. The second-order valence-corrected chi connectivity index (χ2v) is 5.91. The van der Waals surface area contributed by atoms with Gasteiger partial charge in [-0.1, -0.05) is 0 Å². The van der Waals surface area contributed by atoms with E-state index >= 15 is 0 Å². The number of methoxy groups -OCH3 is 2. The van der Waals surface area contributed by atoms with E-state index in [2.05, 4.69) is 23.3 Å². The van der Waals surface area contributed by atoms with Gasteiger partial charge in [-0.3, -0.25) is 0 Å². The first-order valence-corrected chi connectivity index (χ1v) is 7.37. The number of nitrogens with zero attached hydrogens (tertiary/aromatic N) is 1. The second-order valence-electron chi connectivity index (χ2n) is 4.62. The van der Waals surface area contributed by atoms with Crippen molar-refractivity contribution in [2.75, 3.05) is 19.5 Å². The molecular formula is C16H16N2O2S. The Kier molecular flexibility index (Phi) is 3.66. The molecule has 0 fully saturated rings. The number of thiophene rings is 1. The Balaban J connectivity index is 2.05. The predicted octanol–water partition coefficient (Wildman–Crippen LogP) is 4.37. The van der Waals surface area contributed by atoms with Gasteiger partial charge in [-0.15, -0.1) is 11.3 Å². The van der Waals surface area contributed by atoms with Gasteiger partial charge < -0.3 is 14.8 Å². The minimum Gasteiger partial charge on any atom is -0.497 e. The molecule has 0 aliphatic carbocycles. The zero-order valence-electron chi connectivity index (χ0n) is 12.1. The maximum Gasteiger partial charge on any atom is 0.142 e. The lowest BCUT2D eigenvalue weighted by Gasteiger charge is -2.12. The SMILES string of the molecule is COc1ccc(OC)c(Nc2nccc3sc(C)cc23)c1. The molecule has 0 spiro atoms. The van der Waals surface area contributed by atoms with Gasteiger partial charge in [-0.05, 0) is 31.2 Å². The van der Waals surface area contributed by atoms with Gasteiger partial charge in [0.1, 0.15) is 17.3 Å². The molecule has 1 N–H and O–H groups in total. The molecule has 0 bridgehead atoms. The Morgan fingerprint density at radius 2 is 1.95 bits per heavy atom. The van der Waals surface area contributed by atoms with Gasteiger partial charge in [-0.2, -0.15) is 0 Å². The van der Waals surface area contributed by atoms with Gasteiger partial charge in [-0.25, -0.2) is 4.98 Å². The number of pyridine rings is 1. The molecule has 0 amide bonds. The number of fused-ring (bicyclic) bond motifs is 1. The fraction of sp³-hybridized carbons (Fsp3) is 0.188. The van der Waals surface area contributed by atoms with Crippen molar-refractivity contribution in [1.29, 1.82) is 0 Å². The Morgan fingerprint density at radius 3 is 2.71 bits per heavy atom. The third kappa shape index (κ3) is 2.64. The highest BCUT2D eigenvalue weighted by molar-refractivity contribution is 7.19. The van der Waals surface area contributed by atoms with Gasteiger partial charge in [0.15, 0.2) is 0 Å². The van der Waals surface area contributed by atoms with Crippen LogP contribution in [0.5, 0.6) is 11.5 Å². The van der Waals surface area contributed by atoms with E-state index in [1.807, 2.05) is 30.5 Å². The monoisotopic (exact) mass is 300 g/mol. The van der Waals surface area contributed by atoms with Crippen molar-refractivity contribution in [3.63, 3.8) is 0 Å². The molecule has 108 valence electrons. The van der Waals surface area contributed by atoms with Crippen LogP contribution in [0.3, 0.4) is 0 Å². The van der Waals surface area contributed by atoms with Gasteiger partial charge in [0.25, 0.3) is 0 Å². The van der Waals surface area contributed by atoms with E-state index in [0.717, 1.165) is 28.4 Å². The summed E-state index contributed by atoms with van der Waals surface area (Å²) in [5.41, 5.74) is 0.834. The van der Waals surface area contributed by atoms with Crippen LogP contribution in [0, 0.1) is 6.92 Å². The summed E-state index contributed by atoms with van der Waals surface area (Å²) in [6.07, 6.45) is 1.81. The fourth-order valence-electron chi connectivity index (χ4n) is 2.23. The van der Waals surface area contributed by atoms with Crippen LogP contribution in [0.15, 0.2) is 36.5 Å². The van der Waals surface area contributed by atoms with Crippen molar-refractivity contribution in [2.24, 2.45) is 0 Å². The van der Waals surface area contributed by atoms with Crippen LogP contribution < -0.4 is 14.8 Å². The lowest BCUT2D eigenvalue weighted by atomic mass is 10.2. The van der Waals surface area contributed by atoms with E-state index in [9.17, 15) is 0 Å². The van der Waals surface area contributed by atoms with Crippen molar-refractivity contribution in [1.82, 2.24) is 4.98 Å². The number of hydrogen-bond acceptors (Lipinski definition) is 5. The van der Waals surface area contributed by atoms with E-state index in [1.54, 1.807) is 25.6 Å². The summed E-state index contributed by atoms with van der Waals surface area (Å²) in [5, 5.41) is 4.46. The number of aryl methyl sites for hydroxylation is 1. The van der Waals surface area contributed by atoms with Crippen LogP contribution in [-0.2, 0) is 0 Å². The molecule has 0 unspecified atom stereocenters. The molecule has 5 heteroatoms. The summed E-state index contributed by atoms with van der Waals surface area (Å²) in [4.78, 5) is 5.71. The minimum absolute atomic E-state index is 0.751. The molecular weight excluding hydrogens is 284 g/mol.